The highest BCUT2D eigenvalue weighted by molar-refractivity contribution is 5.86. The molecule has 1 aromatic carbocycles. The van der Waals surface area contributed by atoms with Crippen LogP contribution in [0.2, 0.25) is 0 Å². The Kier molecular flexibility index (Phi) is 5.57. The van der Waals surface area contributed by atoms with Crippen molar-refractivity contribution < 1.29 is 4.79 Å². The van der Waals surface area contributed by atoms with Crippen LogP contribution in [0.25, 0.3) is 0 Å². The number of hydrogen-bond acceptors (Lipinski definition) is 2. The first kappa shape index (κ1) is 15.2. The van der Waals surface area contributed by atoms with Gasteiger partial charge in [0.25, 0.3) is 0 Å². The van der Waals surface area contributed by atoms with Crippen LogP contribution in [0, 0.1) is 17.2 Å². The van der Waals surface area contributed by atoms with Gasteiger partial charge in [-0.1, -0.05) is 44.2 Å². The number of rotatable bonds is 5. The van der Waals surface area contributed by atoms with E-state index < -0.39 is 5.92 Å². The van der Waals surface area contributed by atoms with Gasteiger partial charge in [-0.15, -0.1) is 0 Å². The van der Waals surface area contributed by atoms with Gasteiger partial charge in [0.1, 0.15) is 5.92 Å². The first-order chi connectivity index (χ1) is 8.97. The van der Waals surface area contributed by atoms with Gasteiger partial charge in [-0.2, -0.15) is 5.26 Å². The zero-order chi connectivity index (χ0) is 14.4. The van der Waals surface area contributed by atoms with Gasteiger partial charge in [0, 0.05) is 12.6 Å². The largest absolute Gasteiger partial charge is 0.339 e. The van der Waals surface area contributed by atoms with Crippen molar-refractivity contribution in [2.75, 3.05) is 6.54 Å². The average molecular weight is 258 g/mol. The van der Waals surface area contributed by atoms with Crippen LogP contribution < -0.4 is 0 Å². The van der Waals surface area contributed by atoms with Crippen LogP contribution in [-0.2, 0) is 4.79 Å². The first-order valence-corrected chi connectivity index (χ1v) is 6.72. The van der Waals surface area contributed by atoms with E-state index in [-0.39, 0.29) is 11.9 Å². The molecular weight excluding hydrogens is 236 g/mol. The molecule has 0 radical (unpaired) electrons. The molecule has 0 bridgehead atoms. The lowest BCUT2D eigenvalue weighted by molar-refractivity contribution is -0.133. The topological polar surface area (TPSA) is 44.1 Å². The number of nitrogens with zero attached hydrogens (tertiary/aromatic N) is 2. The van der Waals surface area contributed by atoms with Gasteiger partial charge in [-0.05, 0) is 25.3 Å². The minimum absolute atomic E-state index is 0.0996. The molecule has 1 unspecified atom stereocenters. The summed E-state index contributed by atoms with van der Waals surface area (Å²) in [4.78, 5) is 14.4. The second-order valence-electron chi connectivity index (χ2n) is 5.45. The number of hydrogen-bond donors (Lipinski definition) is 0. The summed E-state index contributed by atoms with van der Waals surface area (Å²) in [5.41, 5.74) is 0.768. The lowest BCUT2D eigenvalue weighted by Gasteiger charge is -2.30. The van der Waals surface area contributed by atoms with Gasteiger partial charge in [0.05, 0.1) is 6.07 Å². The molecule has 1 atom stereocenters. The van der Waals surface area contributed by atoms with Crippen LogP contribution >= 0.6 is 0 Å². The number of carbonyl (C=O) groups excluding carboxylic acids is 1. The third kappa shape index (κ3) is 4.10. The Balaban J connectivity index is 2.97. The highest BCUT2D eigenvalue weighted by atomic mass is 16.2. The second-order valence-corrected chi connectivity index (χ2v) is 5.45. The molecule has 19 heavy (non-hydrogen) atoms. The van der Waals surface area contributed by atoms with E-state index in [1.54, 1.807) is 4.90 Å². The van der Waals surface area contributed by atoms with Gasteiger partial charge in [0.2, 0.25) is 5.91 Å². The van der Waals surface area contributed by atoms with E-state index in [4.69, 9.17) is 0 Å². The molecule has 1 rings (SSSR count). The number of carbonyl (C=O) groups is 1. The van der Waals surface area contributed by atoms with Crippen LogP contribution in [0.1, 0.15) is 39.2 Å². The molecule has 0 N–H and O–H groups in total. The van der Waals surface area contributed by atoms with Crippen LogP contribution in [0.15, 0.2) is 30.3 Å². The predicted octanol–water partition coefficient (Wildman–Crippen LogP) is 3.19. The maximum absolute atomic E-state index is 12.6. The highest BCUT2D eigenvalue weighted by Crippen LogP contribution is 2.19. The maximum Gasteiger partial charge on any atom is 0.244 e. The minimum atomic E-state index is -0.706. The van der Waals surface area contributed by atoms with Crippen LogP contribution in [0.3, 0.4) is 0 Å². The molecule has 3 nitrogen and oxygen atoms in total. The summed E-state index contributed by atoms with van der Waals surface area (Å²) in [6.07, 6.45) is 0. The minimum Gasteiger partial charge on any atom is -0.339 e. The van der Waals surface area contributed by atoms with E-state index in [2.05, 4.69) is 19.9 Å². The smallest absolute Gasteiger partial charge is 0.244 e. The number of nitriles is 1. The molecule has 0 aliphatic heterocycles. The quantitative estimate of drug-likeness (QED) is 0.814. The van der Waals surface area contributed by atoms with Crippen LogP contribution in [0.5, 0.6) is 0 Å². The molecule has 0 heterocycles. The van der Waals surface area contributed by atoms with E-state index in [0.29, 0.717) is 12.5 Å². The SMILES string of the molecule is CC(C)CN(C(=O)C(C#N)c1ccccc1)C(C)C. The molecule has 0 aliphatic rings. The van der Waals surface area contributed by atoms with Crippen molar-refractivity contribution in [3.05, 3.63) is 35.9 Å². The molecule has 0 spiro atoms. The first-order valence-electron chi connectivity index (χ1n) is 6.72. The van der Waals surface area contributed by atoms with Crippen LogP contribution in [0.4, 0.5) is 0 Å². The molecule has 1 aromatic rings. The molecule has 0 aromatic heterocycles. The Hall–Kier alpha value is -1.82. The fourth-order valence-corrected chi connectivity index (χ4v) is 2.03. The third-order valence-corrected chi connectivity index (χ3v) is 2.98. The maximum atomic E-state index is 12.6. The fraction of sp³-hybridized carbons (Fsp3) is 0.500. The lowest BCUT2D eigenvalue weighted by atomic mass is 9.98. The standard InChI is InChI=1S/C16H22N2O/c1-12(2)11-18(13(3)4)16(19)15(10-17)14-8-6-5-7-9-14/h5-9,12-13,15H,11H2,1-4H3. The van der Waals surface area contributed by atoms with E-state index in [1.807, 2.05) is 44.2 Å². The summed E-state index contributed by atoms with van der Waals surface area (Å²) in [5, 5.41) is 9.32. The van der Waals surface area contributed by atoms with E-state index in [0.717, 1.165) is 5.56 Å². The second kappa shape index (κ2) is 6.94. The van der Waals surface area contributed by atoms with Crippen molar-refractivity contribution in [1.82, 2.24) is 4.90 Å². The van der Waals surface area contributed by atoms with Gasteiger partial charge < -0.3 is 4.90 Å². The molecule has 102 valence electrons. The molecular formula is C16H22N2O. The van der Waals surface area contributed by atoms with Gasteiger partial charge >= 0.3 is 0 Å². The van der Waals surface area contributed by atoms with E-state index >= 15 is 0 Å². The van der Waals surface area contributed by atoms with Crippen molar-refractivity contribution in [2.24, 2.45) is 5.92 Å². The Morgan fingerprint density at radius 1 is 1.21 bits per heavy atom. The Morgan fingerprint density at radius 3 is 2.21 bits per heavy atom. The fourth-order valence-electron chi connectivity index (χ4n) is 2.03. The number of benzene rings is 1. The van der Waals surface area contributed by atoms with E-state index in [1.165, 1.54) is 0 Å². The molecule has 0 saturated heterocycles. The molecule has 1 amide bonds. The summed E-state index contributed by atoms with van der Waals surface area (Å²) in [5.74, 6) is -0.416. The van der Waals surface area contributed by atoms with E-state index in [9.17, 15) is 10.1 Å². The normalized spacial score (nSPS) is 12.3. The number of amides is 1. The summed E-state index contributed by atoms with van der Waals surface area (Å²) >= 11 is 0. The molecule has 0 fully saturated rings. The van der Waals surface area contributed by atoms with Gasteiger partial charge in [0.15, 0.2) is 0 Å². The summed E-state index contributed by atoms with van der Waals surface area (Å²) in [6, 6.07) is 11.5. The molecule has 3 heteroatoms. The summed E-state index contributed by atoms with van der Waals surface area (Å²) in [7, 11) is 0. The summed E-state index contributed by atoms with van der Waals surface area (Å²) < 4.78 is 0. The third-order valence-electron chi connectivity index (χ3n) is 2.98. The predicted molar refractivity (Wildman–Crippen MR) is 76.5 cm³/mol. The highest BCUT2D eigenvalue weighted by Gasteiger charge is 2.27. The van der Waals surface area contributed by atoms with Crippen molar-refractivity contribution in [1.29, 1.82) is 5.26 Å². The Morgan fingerprint density at radius 2 is 1.79 bits per heavy atom. The monoisotopic (exact) mass is 258 g/mol. The van der Waals surface area contributed by atoms with Gasteiger partial charge in [-0.3, -0.25) is 4.79 Å². The van der Waals surface area contributed by atoms with Gasteiger partial charge in [-0.25, -0.2) is 0 Å². The molecule has 0 aliphatic carbocycles. The van der Waals surface area contributed by atoms with Crippen molar-refractivity contribution in [3.63, 3.8) is 0 Å². The summed E-state index contributed by atoms with van der Waals surface area (Å²) in [6.45, 7) is 8.81. The van der Waals surface area contributed by atoms with Crippen LogP contribution in [-0.4, -0.2) is 23.4 Å². The Labute approximate surface area is 115 Å². The lowest BCUT2D eigenvalue weighted by Crippen LogP contribution is -2.42. The zero-order valence-corrected chi connectivity index (χ0v) is 12.1. The average Bonchev–Trinajstić information content (AvgIpc) is 2.37. The molecule has 0 saturated carbocycles. The van der Waals surface area contributed by atoms with Crippen molar-refractivity contribution in [2.45, 2.75) is 39.7 Å². The zero-order valence-electron chi connectivity index (χ0n) is 12.1. The van der Waals surface area contributed by atoms with Crippen molar-refractivity contribution in [3.8, 4) is 6.07 Å². The van der Waals surface area contributed by atoms with Crippen molar-refractivity contribution >= 4 is 5.91 Å². The Bertz CT molecular complexity index is 446.